The number of fused-ring (bicyclic) bond motifs is 1. The molecule has 1 aromatic rings. The van der Waals surface area contributed by atoms with Crippen LogP contribution in [0.3, 0.4) is 0 Å². The molecule has 0 radical (unpaired) electrons. The molecule has 0 fully saturated rings. The van der Waals surface area contributed by atoms with E-state index in [1.54, 1.807) is 25.1 Å². The van der Waals surface area contributed by atoms with Crippen molar-refractivity contribution in [3.8, 4) is 5.75 Å². The summed E-state index contributed by atoms with van der Waals surface area (Å²) < 4.78 is 42.2. The van der Waals surface area contributed by atoms with E-state index in [0.717, 1.165) is 0 Å². The van der Waals surface area contributed by atoms with Gasteiger partial charge in [-0.25, -0.2) is 0 Å². The lowest BCUT2D eigenvalue weighted by atomic mass is 10.1. The quantitative estimate of drug-likeness (QED) is 0.832. The molecule has 1 aromatic carbocycles. The Morgan fingerprint density at radius 1 is 1.44 bits per heavy atom. The molecule has 0 saturated heterocycles. The number of nitrogens with one attached hydrogen (secondary N) is 1. The molecule has 0 bridgehead atoms. The number of carbonyl (C=O) groups is 2. The van der Waals surface area contributed by atoms with E-state index in [-0.39, 0.29) is 6.42 Å². The van der Waals surface area contributed by atoms with Crippen molar-refractivity contribution in [3.63, 3.8) is 0 Å². The van der Waals surface area contributed by atoms with Gasteiger partial charge in [-0.3, -0.25) is 14.5 Å². The number of hydrogen-bond acceptors (Lipinski definition) is 4. The second-order valence-electron chi connectivity index (χ2n) is 5.77. The molecule has 9 heteroatoms. The average Bonchev–Trinajstić information content (AvgIpc) is 2.95. The van der Waals surface area contributed by atoms with Crippen LogP contribution in [-0.2, 0) is 16.0 Å². The van der Waals surface area contributed by atoms with E-state index < -0.39 is 36.6 Å². The van der Waals surface area contributed by atoms with Crippen LogP contribution in [0.1, 0.15) is 18.9 Å². The Hall–Kier alpha value is -2.29. The summed E-state index contributed by atoms with van der Waals surface area (Å²) in [7, 11) is 1.47. The van der Waals surface area contributed by atoms with Gasteiger partial charge in [0.2, 0.25) is 11.8 Å². The van der Waals surface area contributed by atoms with Crippen molar-refractivity contribution in [1.82, 2.24) is 5.32 Å². The van der Waals surface area contributed by atoms with E-state index in [1.165, 1.54) is 12.0 Å². The van der Waals surface area contributed by atoms with Crippen molar-refractivity contribution >= 4 is 17.5 Å². The van der Waals surface area contributed by atoms with Gasteiger partial charge in [-0.15, -0.1) is 0 Å². The predicted octanol–water partition coefficient (Wildman–Crippen LogP) is 1.37. The van der Waals surface area contributed by atoms with Crippen LogP contribution in [-0.4, -0.2) is 43.7 Å². The van der Waals surface area contributed by atoms with Crippen molar-refractivity contribution in [3.05, 3.63) is 23.8 Å². The molecule has 0 aliphatic carbocycles. The van der Waals surface area contributed by atoms with Crippen molar-refractivity contribution in [2.24, 2.45) is 5.73 Å². The molecule has 1 aliphatic rings. The minimum absolute atomic E-state index is 0.0956. The van der Waals surface area contributed by atoms with E-state index in [0.29, 0.717) is 23.4 Å². The Bertz CT molecular complexity index is 664. The van der Waals surface area contributed by atoms with Crippen LogP contribution in [0.4, 0.5) is 18.9 Å². The molecule has 2 rings (SSSR count). The Labute approximate surface area is 143 Å². The maximum absolute atomic E-state index is 12.6. The standard InChI is InChI=1S/C16H20F3N3O3/c1-3-11(20)15(24)22-12-5-4-10(25-2)6-9(12)7-13(22)14(23)21-8-16(17,18)19/h4-6,11,13H,3,7-8,20H2,1-2H3,(H,21,23)/t11-,13?/m0/s1. The fourth-order valence-corrected chi connectivity index (χ4v) is 2.70. The number of alkyl halides is 3. The highest BCUT2D eigenvalue weighted by molar-refractivity contribution is 6.05. The Morgan fingerprint density at radius 3 is 2.68 bits per heavy atom. The van der Waals surface area contributed by atoms with E-state index in [2.05, 4.69) is 0 Å². The smallest absolute Gasteiger partial charge is 0.405 e. The SMILES string of the molecule is CC[C@H](N)C(=O)N1c2ccc(OC)cc2CC1C(=O)NCC(F)(F)F. The first-order valence-electron chi connectivity index (χ1n) is 7.78. The third kappa shape index (κ3) is 4.22. The maximum atomic E-state index is 12.6. The fourth-order valence-electron chi connectivity index (χ4n) is 2.70. The van der Waals surface area contributed by atoms with Gasteiger partial charge in [0.1, 0.15) is 18.3 Å². The van der Waals surface area contributed by atoms with Crippen LogP contribution in [0.25, 0.3) is 0 Å². The summed E-state index contributed by atoms with van der Waals surface area (Å²) in [6.07, 6.45) is -4.09. The number of hydrogen-bond donors (Lipinski definition) is 2. The van der Waals surface area contributed by atoms with Crippen molar-refractivity contribution < 1.29 is 27.5 Å². The molecule has 2 atom stereocenters. The van der Waals surface area contributed by atoms with Gasteiger partial charge >= 0.3 is 6.18 Å². The number of carbonyl (C=O) groups excluding carboxylic acids is 2. The van der Waals surface area contributed by atoms with E-state index in [9.17, 15) is 22.8 Å². The molecule has 1 heterocycles. The summed E-state index contributed by atoms with van der Waals surface area (Å²) in [6.45, 7) is 0.260. The van der Waals surface area contributed by atoms with Gasteiger partial charge in [0.05, 0.1) is 13.2 Å². The first-order valence-corrected chi connectivity index (χ1v) is 7.78. The van der Waals surface area contributed by atoms with Gasteiger partial charge < -0.3 is 15.8 Å². The molecule has 0 spiro atoms. The van der Waals surface area contributed by atoms with Crippen LogP contribution < -0.4 is 20.7 Å². The summed E-state index contributed by atoms with van der Waals surface area (Å²) in [5.74, 6) is -0.843. The molecule has 25 heavy (non-hydrogen) atoms. The summed E-state index contributed by atoms with van der Waals surface area (Å²) in [5.41, 5.74) is 6.89. The summed E-state index contributed by atoms with van der Waals surface area (Å²) in [5, 5.41) is 1.84. The lowest BCUT2D eigenvalue weighted by Crippen LogP contribution is -2.53. The lowest BCUT2D eigenvalue weighted by Gasteiger charge is -2.27. The number of nitrogens with two attached hydrogens (primary N) is 1. The molecular weight excluding hydrogens is 339 g/mol. The van der Waals surface area contributed by atoms with Gasteiger partial charge in [-0.2, -0.15) is 13.2 Å². The van der Waals surface area contributed by atoms with Crippen LogP contribution in [0.2, 0.25) is 0 Å². The lowest BCUT2D eigenvalue weighted by molar-refractivity contribution is -0.139. The molecule has 1 aliphatic heterocycles. The summed E-state index contributed by atoms with van der Waals surface area (Å²) in [6, 6.07) is 2.96. The zero-order valence-electron chi connectivity index (χ0n) is 13.9. The Balaban J connectivity index is 2.31. The van der Waals surface area contributed by atoms with Crippen molar-refractivity contribution in [2.75, 3.05) is 18.6 Å². The summed E-state index contributed by atoms with van der Waals surface area (Å²) in [4.78, 5) is 26.0. The third-order valence-electron chi connectivity index (χ3n) is 4.03. The van der Waals surface area contributed by atoms with E-state index in [4.69, 9.17) is 10.5 Å². The highest BCUT2D eigenvalue weighted by Crippen LogP contribution is 2.35. The van der Waals surface area contributed by atoms with Crippen LogP contribution in [0, 0.1) is 0 Å². The van der Waals surface area contributed by atoms with Gasteiger partial charge in [0.15, 0.2) is 0 Å². The molecule has 6 nitrogen and oxygen atoms in total. The van der Waals surface area contributed by atoms with E-state index >= 15 is 0 Å². The maximum Gasteiger partial charge on any atom is 0.405 e. The third-order valence-corrected chi connectivity index (χ3v) is 4.03. The Kier molecular flexibility index (Phi) is 5.56. The summed E-state index contributed by atoms with van der Waals surface area (Å²) >= 11 is 0. The molecule has 0 aromatic heterocycles. The zero-order chi connectivity index (χ0) is 18.8. The largest absolute Gasteiger partial charge is 0.497 e. The molecular formula is C16H20F3N3O3. The molecule has 138 valence electrons. The first-order chi connectivity index (χ1) is 11.7. The molecule has 1 unspecified atom stereocenters. The van der Waals surface area contributed by atoms with Crippen LogP contribution in [0.5, 0.6) is 5.75 Å². The highest BCUT2D eigenvalue weighted by atomic mass is 19.4. The number of anilines is 1. The number of benzene rings is 1. The van der Waals surface area contributed by atoms with E-state index in [1.807, 2.05) is 5.32 Å². The molecule has 3 N–H and O–H groups in total. The molecule has 0 saturated carbocycles. The van der Waals surface area contributed by atoms with Gasteiger partial charge in [-0.1, -0.05) is 6.92 Å². The van der Waals surface area contributed by atoms with Crippen molar-refractivity contribution in [2.45, 2.75) is 38.0 Å². The number of halogens is 3. The minimum atomic E-state index is -4.53. The van der Waals surface area contributed by atoms with Crippen LogP contribution in [0.15, 0.2) is 18.2 Å². The van der Waals surface area contributed by atoms with Gasteiger partial charge in [0, 0.05) is 12.1 Å². The fraction of sp³-hybridized carbons (Fsp3) is 0.500. The molecule has 2 amide bonds. The minimum Gasteiger partial charge on any atom is -0.497 e. The number of rotatable bonds is 5. The normalized spacial score (nSPS) is 17.8. The van der Waals surface area contributed by atoms with Gasteiger partial charge in [-0.05, 0) is 30.2 Å². The topological polar surface area (TPSA) is 84.7 Å². The number of ether oxygens (including phenoxy) is 1. The predicted molar refractivity (Wildman–Crippen MR) is 85.3 cm³/mol. The number of nitrogens with zero attached hydrogens (tertiary/aromatic N) is 1. The van der Waals surface area contributed by atoms with Crippen molar-refractivity contribution in [1.29, 1.82) is 0 Å². The first kappa shape index (κ1) is 19.0. The number of methoxy groups -OCH3 is 1. The highest BCUT2D eigenvalue weighted by Gasteiger charge is 2.41. The average molecular weight is 359 g/mol. The second kappa shape index (κ2) is 7.30. The zero-order valence-corrected chi connectivity index (χ0v) is 13.9. The monoisotopic (exact) mass is 359 g/mol. The Morgan fingerprint density at radius 2 is 2.12 bits per heavy atom. The second-order valence-corrected chi connectivity index (χ2v) is 5.77. The number of amides is 2. The van der Waals surface area contributed by atoms with Crippen LogP contribution >= 0.6 is 0 Å². The van der Waals surface area contributed by atoms with Gasteiger partial charge in [0.25, 0.3) is 0 Å².